The first-order valence-corrected chi connectivity index (χ1v) is 6.97. The molecule has 6 heteroatoms. The van der Waals surface area contributed by atoms with Gasteiger partial charge in [0.05, 0.1) is 5.92 Å². The van der Waals surface area contributed by atoms with Gasteiger partial charge in [0.1, 0.15) is 0 Å². The van der Waals surface area contributed by atoms with E-state index < -0.39 is 0 Å². The van der Waals surface area contributed by atoms with Crippen molar-refractivity contribution in [3.8, 4) is 11.5 Å². The van der Waals surface area contributed by atoms with E-state index in [1.165, 1.54) is 6.39 Å². The molecule has 6 nitrogen and oxygen atoms in total. The van der Waals surface area contributed by atoms with Crippen molar-refractivity contribution in [2.45, 2.75) is 20.3 Å². The highest BCUT2D eigenvalue weighted by molar-refractivity contribution is 5.93. The maximum absolute atomic E-state index is 12.2. The number of nitrogens with two attached hydrogens (primary N) is 1. The average Bonchev–Trinajstić information content (AvgIpc) is 2.99. The van der Waals surface area contributed by atoms with E-state index in [0.29, 0.717) is 24.0 Å². The van der Waals surface area contributed by atoms with Crippen LogP contribution in [0.15, 0.2) is 35.1 Å². The molecule has 1 amide bonds. The minimum absolute atomic E-state index is 0.0612. The molecule has 1 aromatic carbocycles. The summed E-state index contributed by atoms with van der Waals surface area (Å²) in [5, 5.41) is 10.4. The van der Waals surface area contributed by atoms with Gasteiger partial charge in [0.2, 0.25) is 18.2 Å². The minimum Gasteiger partial charge on any atom is -0.423 e. The lowest BCUT2D eigenvalue weighted by molar-refractivity contribution is -0.120. The third kappa shape index (κ3) is 4.13. The molecular formula is C15H20N4O2. The Balaban J connectivity index is 2.09. The fourth-order valence-corrected chi connectivity index (χ4v) is 2.15. The summed E-state index contributed by atoms with van der Waals surface area (Å²) < 4.78 is 5.15. The molecular weight excluding hydrogens is 268 g/mol. The standard InChI is InChI=1S/C15H20N4O2/c1-10(2)6-12(8-16)14(20)18-13-5-3-4-11(7-13)15-19-17-9-21-15/h3-5,7,9-10,12H,6,8,16H2,1-2H3,(H,18,20). The molecule has 3 N–H and O–H groups in total. The highest BCUT2D eigenvalue weighted by atomic mass is 16.4. The fraction of sp³-hybridized carbons (Fsp3) is 0.400. The van der Waals surface area contributed by atoms with E-state index in [9.17, 15) is 4.79 Å². The van der Waals surface area contributed by atoms with Gasteiger partial charge in [0, 0.05) is 17.8 Å². The molecule has 2 rings (SSSR count). The third-order valence-electron chi connectivity index (χ3n) is 3.15. The van der Waals surface area contributed by atoms with Crippen LogP contribution in [0, 0.1) is 11.8 Å². The van der Waals surface area contributed by atoms with Gasteiger partial charge in [0.25, 0.3) is 0 Å². The highest BCUT2D eigenvalue weighted by Crippen LogP contribution is 2.21. The minimum atomic E-state index is -0.183. The van der Waals surface area contributed by atoms with Crippen LogP contribution in [0.25, 0.3) is 11.5 Å². The summed E-state index contributed by atoms with van der Waals surface area (Å²) in [7, 11) is 0. The molecule has 0 radical (unpaired) electrons. The van der Waals surface area contributed by atoms with E-state index in [1.807, 2.05) is 18.2 Å². The van der Waals surface area contributed by atoms with Crippen molar-refractivity contribution in [3.05, 3.63) is 30.7 Å². The number of hydrogen-bond acceptors (Lipinski definition) is 5. The summed E-state index contributed by atoms with van der Waals surface area (Å²) in [6.07, 6.45) is 2.04. The molecule has 21 heavy (non-hydrogen) atoms. The van der Waals surface area contributed by atoms with Crippen LogP contribution in [0.3, 0.4) is 0 Å². The number of hydrogen-bond donors (Lipinski definition) is 2. The molecule has 112 valence electrons. The van der Waals surface area contributed by atoms with Crippen LogP contribution < -0.4 is 11.1 Å². The second-order valence-electron chi connectivity index (χ2n) is 5.38. The Morgan fingerprint density at radius 2 is 2.24 bits per heavy atom. The molecule has 1 unspecified atom stereocenters. The zero-order chi connectivity index (χ0) is 15.2. The predicted molar refractivity (Wildman–Crippen MR) is 80.4 cm³/mol. The van der Waals surface area contributed by atoms with Gasteiger partial charge in [-0.1, -0.05) is 19.9 Å². The van der Waals surface area contributed by atoms with Crippen LogP contribution in [-0.2, 0) is 4.79 Å². The second kappa shape index (κ2) is 6.99. The number of amides is 1. The first kappa shape index (κ1) is 15.2. The molecule has 0 bridgehead atoms. The average molecular weight is 288 g/mol. The molecule has 0 saturated carbocycles. The number of carbonyl (C=O) groups is 1. The third-order valence-corrected chi connectivity index (χ3v) is 3.15. The number of aromatic nitrogens is 2. The largest absolute Gasteiger partial charge is 0.423 e. The maximum Gasteiger partial charge on any atom is 0.247 e. The van der Waals surface area contributed by atoms with Crippen LogP contribution in [0.5, 0.6) is 0 Å². The van der Waals surface area contributed by atoms with Gasteiger partial charge >= 0.3 is 0 Å². The van der Waals surface area contributed by atoms with Crippen molar-refractivity contribution < 1.29 is 9.21 Å². The molecule has 0 spiro atoms. The SMILES string of the molecule is CC(C)CC(CN)C(=O)Nc1cccc(-c2nnco2)c1. The van der Waals surface area contributed by atoms with E-state index >= 15 is 0 Å². The van der Waals surface area contributed by atoms with Crippen LogP contribution in [0.1, 0.15) is 20.3 Å². The molecule has 0 saturated heterocycles. The Bertz CT molecular complexity index is 581. The van der Waals surface area contributed by atoms with Gasteiger partial charge in [0.15, 0.2) is 0 Å². The van der Waals surface area contributed by atoms with Crippen molar-refractivity contribution in [1.29, 1.82) is 0 Å². The first-order chi connectivity index (χ1) is 10.1. The monoisotopic (exact) mass is 288 g/mol. The zero-order valence-electron chi connectivity index (χ0n) is 12.2. The fourth-order valence-electron chi connectivity index (χ4n) is 2.15. The lowest BCUT2D eigenvalue weighted by Crippen LogP contribution is -2.30. The van der Waals surface area contributed by atoms with Crippen molar-refractivity contribution >= 4 is 11.6 Å². The molecule has 0 aliphatic carbocycles. The zero-order valence-corrected chi connectivity index (χ0v) is 12.2. The Morgan fingerprint density at radius 1 is 1.43 bits per heavy atom. The summed E-state index contributed by atoms with van der Waals surface area (Å²) in [6.45, 7) is 4.49. The van der Waals surface area contributed by atoms with E-state index in [-0.39, 0.29) is 11.8 Å². The van der Waals surface area contributed by atoms with Crippen LogP contribution >= 0.6 is 0 Å². The Hall–Kier alpha value is -2.21. The Morgan fingerprint density at radius 3 is 2.86 bits per heavy atom. The number of anilines is 1. The normalized spacial score (nSPS) is 12.4. The van der Waals surface area contributed by atoms with E-state index in [0.717, 1.165) is 12.0 Å². The van der Waals surface area contributed by atoms with Gasteiger partial charge in [-0.15, -0.1) is 10.2 Å². The lowest BCUT2D eigenvalue weighted by Gasteiger charge is -2.17. The molecule has 2 aromatic rings. The quantitative estimate of drug-likeness (QED) is 0.850. The van der Waals surface area contributed by atoms with E-state index in [2.05, 4.69) is 29.4 Å². The Labute approximate surface area is 123 Å². The van der Waals surface area contributed by atoms with Gasteiger partial charge in [-0.3, -0.25) is 4.79 Å². The molecule has 0 fully saturated rings. The molecule has 0 aliphatic rings. The summed E-state index contributed by atoms with van der Waals surface area (Å²) in [4.78, 5) is 12.2. The van der Waals surface area contributed by atoms with Crippen LogP contribution in [0.4, 0.5) is 5.69 Å². The van der Waals surface area contributed by atoms with Gasteiger partial charge in [-0.25, -0.2) is 0 Å². The van der Waals surface area contributed by atoms with Crippen LogP contribution in [-0.4, -0.2) is 22.6 Å². The first-order valence-electron chi connectivity index (χ1n) is 6.97. The Kier molecular flexibility index (Phi) is 5.05. The summed E-state index contributed by atoms with van der Waals surface area (Å²) in [5.41, 5.74) is 7.14. The van der Waals surface area contributed by atoms with Gasteiger partial charge in [-0.05, 0) is 30.5 Å². The molecule has 0 aliphatic heterocycles. The number of rotatable bonds is 6. The maximum atomic E-state index is 12.2. The molecule has 1 atom stereocenters. The van der Waals surface area contributed by atoms with Gasteiger partial charge in [-0.2, -0.15) is 0 Å². The number of nitrogens with one attached hydrogen (secondary N) is 1. The second-order valence-corrected chi connectivity index (χ2v) is 5.38. The van der Waals surface area contributed by atoms with Crippen molar-refractivity contribution in [3.63, 3.8) is 0 Å². The van der Waals surface area contributed by atoms with Crippen molar-refractivity contribution in [2.24, 2.45) is 17.6 Å². The lowest BCUT2D eigenvalue weighted by atomic mass is 9.96. The van der Waals surface area contributed by atoms with Crippen molar-refractivity contribution in [2.75, 3.05) is 11.9 Å². The van der Waals surface area contributed by atoms with Crippen molar-refractivity contribution in [1.82, 2.24) is 10.2 Å². The van der Waals surface area contributed by atoms with Crippen LogP contribution in [0.2, 0.25) is 0 Å². The van der Waals surface area contributed by atoms with E-state index in [1.54, 1.807) is 6.07 Å². The number of carbonyl (C=O) groups excluding carboxylic acids is 1. The predicted octanol–water partition coefficient (Wildman–Crippen LogP) is 2.30. The number of nitrogens with zero attached hydrogens (tertiary/aromatic N) is 2. The summed E-state index contributed by atoms with van der Waals surface area (Å²) in [5.74, 6) is 0.601. The summed E-state index contributed by atoms with van der Waals surface area (Å²) in [6, 6.07) is 7.29. The van der Waals surface area contributed by atoms with Gasteiger partial charge < -0.3 is 15.5 Å². The highest BCUT2D eigenvalue weighted by Gasteiger charge is 2.18. The molecule has 1 heterocycles. The number of benzene rings is 1. The smallest absolute Gasteiger partial charge is 0.247 e. The van der Waals surface area contributed by atoms with E-state index in [4.69, 9.17) is 10.2 Å². The topological polar surface area (TPSA) is 94.0 Å². The summed E-state index contributed by atoms with van der Waals surface area (Å²) >= 11 is 0. The molecule has 1 aromatic heterocycles.